The zero-order valence-electron chi connectivity index (χ0n) is 14.0. The van der Waals surface area contributed by atoms with Crippen LogP contribution in [0.3, 0.4) is 0 Å². The first kappa shape index (κ1) is 16.1. The van der Waals surface area contributed by atoms with Crippen molar-refractivity contribution in [3.05, 3.63) is 54.1 Å². The Morgan fingerprint density at radius 3 is 2.62 bits per heavy atom. The number of carbonyl (C=O) groups excluding carboxylic acids is 1. The number of unbranched alkanes of at least 4 members (excludes halogenated alkanes) is 1. The molecule has 0 atom stereocenters. The highest BCUT2D eigenvalue weighted by molar-refractivity contribution is 6.04. The third-order valence-electron chi connectivity index (χ3n) is 3.90. The van der Waals surface area contributed by atoms with Gasteiger partial charge in [-0.05, 0) is 42.8 Å². The number of nitrogens with one attached hydrogen (secondary N) is 1. The van der Waals surface area contributed by atoms with Crippen molar-refractivity contribution in [2.75, 3.05) is 11.9 Å². The number of aryl methyl sites for hydroxylation is 1. The van der Waals surface area contributed by atoms with E-state index in [-0.39, 0.29) is 5.91 Å². The number of imidazole rings is 1. The van der Waals surface area contributed by atoms with Crippen LogP contribution in [0.15, 0.2) is 48.5 Å². The smallest absolute Gasteiger partial charge is 0.257 e. The molecule has 1 aromatic heterocycles. The van der Waals surface area contributed by atoms with Crippen molar-refractivity contribution in [2.45, 2.75) is 19.8 Å². The van der Waals surface area contributed by atoms with Crippen LogP contribution < -0.4 is 10.1 Å². The fourth-order valence-electron chi connectivity index (χ4n) is 2.47. The molecule has 0 unspecified atom stereocenters. The number of para-hydroxylation sites is 2. The first-order valence-electron chi connectivity index (χ1n) is 8.14. The molecule has 5 nitrogen and oxygen atoms in total. The largest absolute Gasteiger partial charge is 0.494 e. The number of hydrogen-bond acceptors (Lipinski definition) is 3. The fraction of sp³-hybridized carbons (Fsp3) is 0.263. The Hall–Kier alpha value is -2.82. The molecule has 0 fully saturated rings. The summed E-state index contributed by atoms with van der Waals surface area (Å²) in [7, 11) is 1.88. The molecule has 124 valence electrons. The average Bonchev–Trinajstić information content (AvgIpc) is 2.92. The van der Waals surface area contributed by atoms with Gasteiger partial charge in [0.1, 0.15) is 5.75 Å². The Balaban J connectivity index is 1.71. The van der Waals surface area contributed by atoms with Crippen molar-refractivity contribution in [2.24, 2.45) is 7.05 Å². The van der Waals surface area contributed by atoms with E-state index >= 15 is 0 Å². The molecule has 0 aliphatic heterocycles. The van der Waals surface area contributed by atoms with Crippen molar-refractivity contribution in [3.8, 4) is 5.75 Å². The number of anilines is 1. The topological polar surface area (TPSA) is 56.1 Å². The highest BCUT2D eigenvalue weighted by atomic mass is 16.5. The summed E-state index contributed by atoms with van der Waals surface area (Å²) < 4.78 is 7.48. The van der Waals surface area contributed by atoms with E-state index in [9.17, 15) is 4.79 Å². The van der Waals surface area contributed by atoms with Crippen molar-refractivity contribution in [3.63, 3.8) is 0 Å². The lowest BCUT2D eigenvalue weighted by Crippen LogP contribution is -2.15. The van der Waals surface area contributed by atoms with Gasteiger partial charge in [0, 0.05) is 12.6 Å². The quantitative estimate of drug-likeness (QED) is 0.697. The summed E-state index contributed by atoms with van der Waals surface area (Å²) in [6.45, 7) is 2.82. The number of aromatic nitrogens is 2. The lowest BCUT2D eigenvalue weighted by molar-refractivity contribution is 0.102. The van der Waals surface area contributed by atoms with E-state index < -0.39 is 0 Å². The van der Waals surface area contributed by atoms with Gasteiger partial charge in [0.2, 0.25) is 5.95 Å². The van der Waals surface area contributed by atoms with Gasteiger partial charge >= 0.3 is 0 Å². The Labute approximate surface area is 141 Å². The van der Waals surface area contributed by atoms with Gasteiger partial charge in [-0.2, -0.15) is 0 Å². The van der Waals surface area contributed by atoms with Gasteiger partial charge in [-0.1, -0.05) is 25.5 Å². The Bertz CT molecular complexity index is 837. The van der Waals surface area contributed by atoms with E-state index in [0.717, 1.165) is 29.6 Å². The van der Waals surface area contributed by atoms with Crippen LogP contribution in [0.2, 0.25) is 0 Å². The maximum Gasteiger partial charge on any atom is 0.257 e. The van der Waals surface area contributed by atoms with E-state index in [4.69, 9.17) is 4.74 Å². The Kier molecular flexibility index (Phi) is 4.79. The van der Waals surface area contributed by atoms with Crippen molar-refractivity contribution < 1.29 is 9.53 Å². The van der Waals surface area contributed by atoms with Gasteiger partial charge in [-0.15, -0.1) is 0 Å². The van der Waals surface area contributed by atoms with Crippen molar-refractivity contribution in [1.82, 2.24) is 9.55 Å². The Morgan fingerprint density at radius 1 is 1.17 bits per heavy atom. The summed E-state index contributed by atoms with van der Waals surface area (Å²) >= 11 is 0. The van der Waals surface area contributed by atoms with Gasteiger partial charge in [-0.3, -0.25) is 10.1 Å². The van der Waals surface area contributed by atoms with E-state index in [1.807, 2.05) is 48.0 Å². The van der Waals surface area contributed by atoms with Gasteiger partial charge in [-0.25, -0.2) is 4.98 Å². The van der Waals surface area contributed by atoms with Crippen LogP contribution in [0, 0.1) is 0 Å². The second-order valence-electron chi connectivity index (χ2n) is 5.66. The van der Waals surface area contributed by atoms with Gasteiger partial charge in [0.25, 0.3) is 5.91 Å². The normalized spacial score (nSPS) is 10.8. The third-order valence-corrected chi connectivity index (χ3v) is 3.90. The average molecular weight is 323 g/mol. The first-order chi connectivity index (χ1) is 11.7. The number of hydrogen-bond donors (Lipinski definition) is 1. The van der Waals surface area contributed by atoms with Crippen LogP contribution in [0.1, 0.15) is 30.1 Å². The molecule has 0 spiro atoms. The van der Waals surface area contributed by atoms with Crippen molar-refractivity contribution in [1.29, 1.82) is 0 Å². The number of nitrogens with zero attached hydrogens (tertiary/aromatic N) is 2. The zero-order chi connectivity index (χ0) is 16.9. The SMILES string of the molecule is CCCCOc1ccc(C(=O)Nc2nc3ccccc3n2C)cc1. The minimum atomic E-state index is -0.187. The van der Waals surface area contributed by atoms with Crippen LogP contribution in [0.4, 0.5) is 5.95 Å². The predicted octanol–water partition coefficient (Wildman–Crippen LogP) is 4.00. The molecule has 1 N–H and O–H groups in total. The number of fused-ring (bicyclic) bond motifs is 1. The minimum absolute atomic E-state index is 0.187. The molecule has 0 aliphatic carbocycles. The van der Waals surface area contributed by atoms with E-state index in [1.54, 1.807) is 12.1 Å². The monoisotopic (exact) mass is 323 g/mol. The number of amides is 1. The lowest BCUT2D eigenvalue weighted by atomic mass is 10.2. The molecular formula is C19H21N3O2. The number of rotatable bonds is 6. The molecule has 0 radical (unpaired) electrons. The summed E-state index contributed by atoms with van der Waals surface area (Å²) in [5.74, 6) is 1.13. The standard InChI is InChI=1S/C19H21N3O2/c1-3-4-13-24-15-11-9-14(10-12-15)18(23)21-19-20-16-7-5-6-8-17(16)22(19)2/h5-12H,3-4,13H2,1-2H3,(H,20,21,23). The number of carbonyl (C=O) groups is 1. The third kappa shape index (κ3) is 3.40. The molecule has 0 bridgehead atoms. The molecule has 0 saturated carbocycles. The van der Waals surface area contributed by atoms with Crippen LogP contribution in [-0.2, 0) is 7.05 Å². The fourth-order valence-corrected chi connectivity index (χ4v) is 2.47. The molecule has 2 aromatic carbocycles. The molecule has 3 rings (SSSR count). The molecular weight excluding hydrogens is 302 g/mol. The molecule has 24 heavy (non-hydrogen) atoms. The molecule has 1 amide bonds. The minimum Gasteiger partial charge on any atom is -0.494 e. The van der Waals surface area contributed by atoms with E-state index in [1.165, 1.54) is 0 Å². The van der Waals surface area contributed by atoms with Crippen LogP contribution in [-0.4, -0.2) is 22.1 Å². The molecule has 5 heteroatoms. The molecule has 0 saturated heterocycles. The summed E-state index contributed by atoms with van der Waals surface area (Å²) in [5, 5.41) is 2.86. The van der Waals surface area contributed by atoms with Crippen LogP contribution in [0.5, 0.6) is 5.75 Å². The van der Waals surface area contributed by atoms with Crippen LogP contribution >= 0.6 is 0 Å². The second-order valence-corrected chi connectivity index (χ2v) is 5.66. The molecule has 3 aromatic rings. The summed E-state index contributed by atoms with van der Waals surface area (Å²) in [6, 6.07) is 14.9. The number of benzene rings is 2. The number of ether oxygens (including phenoxy) is 1. The van der Waals surface area contributed by atoms with Gasteiger partial charge < -0.3 is 9.30 Å². The summed E-state index contributed by atoms with van der Waals surface area (Å²) in [6.07, 6.45) is 2.12. The van der Waals surface area contributed by atoms with E-state index in [2.05, 4.69) is 17.2 Å². The van der Waals surface area contributed by atoms with E-state index in [0.29, 0.717) is 18.1 Å². The Morgan fingerprint density at radius 2 is 1.92 bits per heavy atom. The predicted molar refractivity (Wildman–Crippen MR) is 95.5 cm³/mol. The maximum atomic E-state index is 12.4. The van der Waals surface area contributed by atoms with Gasteiger partial charge in [0.15, 0.2) is 0 Å². The van der Waals surface area contributed by atoms with Crippen LogP contribution in [0.25, 0.3) is 11.0 Å². The summed E-state index contributed by atoms with van der Waals surface area (Å²) in [5.41, 5.74) is 2.41. The first-order valence-corrected chi connectivity index (χ1v) is 8.14. The highest BCUT2D eigenvalue weighted by Gasteiger charge is 2.12. The highest BCUT2D eigenvalue weighted by Crippen LogP contribution is 2.19. The molecule has 0 aliphatic rings. The molecule has 1 heterocycles. The second kappa shape index (κ2) is 7.17. The zero-order valence-corrected chi connectivity index (χ0v) is 14.0. The van der Waals surface area contributed by atoms with Crippen molar-refractivity contribution >= 4 is 22.9 Å². The summed E-state index contributed by atoms with van der Waals surface area (Å²) in [4.78, 5) is 16.9. The lowest BCUT2D eigenvalue weighted by Gasteiger charge is -2.07. The maximum absolute atomic E-state index is 12.4. The van der Waals surface area contributed by atoms with Gasteiger partial charge in [0.05, 0.1) is 17.6 Å².